The van der Waals surface area contributed by atoms with Gasteiger partial charge in [0.2, 0.25) is 0 Å². The first-order chi connectivity index (χ1) is 12.7. The van der Waals surface area contributed by atoms with E-state index in [0.29, 0.717) is 24.2 Å². The second kappa shape index (κ2) is 6.07. The van der Waals surface area contributed by atoms with E-state index in [9.17, 15) is 23.1 Å². The van der Waals surface area contributed by atoms with Gasteiger partial charge in [-0.2, -0.15) is 18.3 Å². The maximum Gasteiger partial charge on any atom is 0.398 e. The molecule has 1 atom stereocenters. The number of aliphatic hydroxyl groups excluding tert-OH is 1. The monoisotopic (exact) mass is 398 g/mol. The quantitative estimate of drug-likeness (QED) is 0.832. The summed E-state index contributed by atoms with van der Waals surface area (Å²) in [6, 6.07) is 4.19. The molecule has 1 aromatic heterocycles. The van der Waals surface area contributed by atoms with Crippen molar-refractivity contribution in [1.82, 2.24) is 9.78 Å². The number of carbonyl (C=O) groups excluding carboxylic acids is 1. The van der Waals surface area contributed by atoms with E-state index in [1.807, 2.05) is 0 Å². The molecule has 0 spiro atoms. The third-order valence-electron chi connectivity index (χ3n) is 5.68. The molecule has 1 saturated carbocycles. The summed E-state index contributed by atoms with van der Waals surface area (Å²) in [6.45, 7) is 1.76. The number of rotatable bonds is 2. The number of benzene rings is 1. The van der Waals surface area contributed by atoms with Gasteiger partial charge in [-0.15, -0.1) is 0 Å². The van der Waals surface area contributed by atoms with Crippen molar-refractivity contribution in [3.8, 4) is 0 Å². The summed E-state index contributed by atoms with van der Waals surface area (Å²) in [4.78, 5) is 13.2. The molecule has 0 aliphatic heterocycles. The summed E-state index contributed by atoms with van der Waals surface area (Å²) in [5.74, 6) is -0.676. The van der Waals surface area contributed by atoms with Gasteiger partial charge in [0, 0.05) is 6.42 Å². The minimum Gasteiger partial charge on any atom is -0.393 e. The van der Waals surface area contributed by atoms with Crippen LogP contribution in [0.15, 0.2) is 18.2 Å². The Bertz CT molecular complexity index is 932. The van der Waals surface area contributed by atoms with Gasteiger partial charge in [-0.1, -0.05) is 23.7 Å². The van der Waals surface area contributed by atoms with Crippen LogP contribution in [0.4, 0.5) is 13.2 Å². The fourth-order valence-electron chi connectivity index (χ4n) is 4.02. The normalized spacial score (nSPS) is 21.0. The molecular formula is C19H18ClF3N2O2. The summed E-state index contributed by atoms with van der Waals surface area (Å²) in [5, 5.41) is 14.2. The molecule has 1 heterocycles. The van der Waals surface area contributed by atoms with Crippen molar-refractivity contribution < 1.29 is 23.1 Å². The van der Waals surface area contributed by atoms with Crippen molar-refractivity contribution in [1.29, 1.82) is 0 Å². The standard InChI is InChI=1S/C19H18ClF3N2O2/c1-10-12-6-5-11(26)9-15(12)25(24-10)17(27)16-13(3-2-4-14(16)20)18(7-8-18)19(21,22)23/h2-4,11,26H,5-9H2,1H3. The lowest BCUT2D eigenvalue weighted by Crippen LogP contribution is -2.32. The van der Waals surface area contributed by atoms with E-state index in [1.54, 1.807) is 6.92 Å². The summed E-state index contributed by atoms with van der Waals surface area (Å²) in [5.41, 5.74) is -0.191. The van der Waals surface area contributed by atoms with Gasteiger partial charge in [0.1, 0.15) is 0 Å². The molecule has 2 aliphatic rings. The van der Waals surface area contributed by atoms with Crippen molar-refractivity contribution in [2.24, 2.45) is 0 Å². The number of nitrogens with zero attached hydrogens (tertiary/aromatic N) is 2. The Morgan fingerprint density at radius 2 is 2.07 bits per heavy atom. The Labute approximate surface area is 158 Å². The van der Waals surface area contributed by atoms with Crippen molar-refractivity contribution in [2.45, 2.75) is 56.7 Å². The number of aryl methyl sites for hydroxylation is 1. The van der Waals surface area contributed by atoms with Gasteiger partial charge < -0.3 is 5.11 Å². The van der Waals surface area contributed by atoms with E-state index in [0.717, 1.165) is 10.2 Å². The van der Waals surface area contributed by atoms with Crippen molar-refractivity contribution in [3.05, 3.63) is 51.3 Å². The van der Waals surface area contributed by atoms with E-state index < -0.39 is 23.6 Å². The fourth-order valence-corrected chi connectivity index (χ4v) is 4.28. The molecule has 0 bridgehead atoms. The smallest absolute Gasteiger partial charge is 0.393 e. The van der Waals surface area contributed by atoms with Gasteiger partial charge in [-0.3, -0.25) is 4.79 Å². The summed E-state index contributed by atoms with van der Waals surface area (Å²) in [7, 11) is 0. The van der Waals surface area contributed by atoms with Crippen LogP contribution < -0.4 is 0 Å². The lowest BCUT2D eigenvalue weighted by molar-refractivity contribution is -0.160. The Hall–Kier alpha value is -1.86. The summed E-state index contributed by atoms with van der Waals surface area (Å²) < 4.78 is 42.2. The van der Waals surface area contributed by atoms with E-state index in [2.05, 4.69) is 5.10 Å². The lowest BCUT2D eigenvalue weighted by Gasteiger charge is -2.23. The number of alkyl halides is 3. The van der Waals surface area contributed by atoms with Crippen molar-refractivity contribution >= 4 is 17.5 Å². The van der Waals surface area contributed by atoms with E-state index >= 15 is 0 Å². The zero-order valence-corrected chi connectivity index (χ0v) is 15.4. The second-order valence-corrected chi connectivity index (χ2v) is 7.77. The maximum atomic E-state index is 13.7. The predicted octanol–water partition coefficient (Wildman–Crippen LogP) is 3.98. The molecule has 144 valence electrons. The van der Waals surface area contributed by atoms with Crippen LogP contribution in [0.25, 0.3) is 0 Å². The summed E-state index contributed by atoms with van der Waals surface area (Å²) >= 11 is 6.20. The number of fused-ring (bicyclic) bond motifs is 1. The molecule has 1 fully saturated rings. The first kappa shape index (κ1) is 18.5. The van der Waals surface area contributed by atoms with Gasteiger partial charge in [0.25, 0.3) is 5.91 Å². The number of hydrogen-bond acceptors (Lipinski definition) is 3. The van der Waals surface area contributed by atoms with Crippen LogP contribution in [0, 0.1) is 6.92 Å². The zero-order chi connectivity index (χ0) is 19.6. The van der Waals surface area contributed by atoms with Crippen LogP contribution in [-0.4, -0.2) is 33.1 Å². The van der Waals surface area contributed by atoms with E-state index in [-0.39, 0.29) is 35.4 Å². The van der Waals surface area contributed by atoms with Gasteiger partial charge >= 0.3 is 6.18 Å². The van der Waals surface area contributed by atoms with Gasteiger partial charge in [0.15, 0.2) is 0 Å². The number of aliphatic hydroxyl groups is 1. The Morgan fingerprint density at radius 1 is 1.37 bits per heavy atom. The summed E-state index contributed by atoms with van der Waals surface area (Å²) in [6.07, 6.45) is -3.79. The third-order valence-corrected chi connectivity index (χ3v) is 5.99. The van der Waals surface area contributed by atoms with Gasteiger partial charge in [-0.25, -0.2) is 4.68 Å². The van der Waals surface area contributed by atoms with Crippen LogP contribution in [-0.2, 0) is 18.3 Å². The number of carbonyl (C=O) groups is 1. The zero-order valence-electron chi connectivity index (χ0n) is 14.6. The number of hydrogen-bond donors (Lipinski definition) is 1. The molecular weight excluding hydrogens is 381 g/mol. The Kier molecular flexibility index (Phi) is 4.16. The first-order valence-electron chi connectivity index (χ1n) is 8.81. The minimum absolute atomic E-state index is 0.0220. The molecule has 2 aliphatic carbocycles. The van der Waals surface area contributed by atoms with Crippen molar-refractivity contribution in [2.75, 3.05) is 0 Å². The molecule has 0 saturated heterocycles. The highest BCUT2D eigenvalue weighted by atomic mass is 35.5. The van der Waals surface area contributed by atoms with Gasteiger partial charge in [0.05, 0.1) is 33.5 Å². The SMILES string of the molecule is Cc1nn(C(=O)c2c(Cl)cccc2C2(C(F)(F)F)CC2)c2c1CCC(O)C2. The molecule has 1 N–H and O–H groups in total. The lowest BCUT2D eigenvalue weighted by atomic mass is 9.89. The molecule has 8 heteroatoms. The van der Waals surface area contributed by atoms with Gasteiger partial charge in [-0.05, 0) is 49.8 Å². The van der Waals surface area contributed by atoms with E-state index in [1.165, 1.54) is 18.2 Å². The average molecular weight is 399 g/mol. The van der Waals surface area contributed by atoms with Crippen LogP contribution in [0.1, 0.15) is 52.1 Å². The molecule has 27 heavy (non-hydrogen) atoms. The molecule has 0 amide bonds. The highest BCUT2D eigenvalue weighted by Crippen LogP contribution is 2.60. The van der Waals surface area contributed by atoms with E-state index in [4.69, 9.17) is 11.6 Å². The highest BCUT2D eigenvalue weighted by molar-refractivity contribution is 6.34. The third kappa shape index (κ3) is 2.79. The molecule has 0 radical (unpaired) electrons. The Balaban J connectivity index is 1.86. The molecule has 2 aromatic rings. The van der Waals surface area contributed by atoms with Crippen LogP contribution >= 0.6 is 11.6 Å². The molecule has 4 nitrogen and oxygen atoms in total. The highest BCUT2D eigenvalue weighted by Gasteiger charge is 2.65. The Morgan fingerprint density at radius 3 is 2.70 bits per heavy atom. The second-order valence-electron chi connectivity index (χ2n) is 7.37. The van der Waals surface area contributed by atoms with Crippen LogP contribution in [0.2, 0.25) is 5.02 Å². The first-order valence-corrected chi connectivity index (χ1v) is 9.19. The van der Waals surface area contributed by atoms with Crippen molar-refractivity contribution in [3.63, 3.8) is 0 Å². The predicted molar refractivity (Wildman–Crippen MR) is 93.1 cm³/mol. The molecule has 1 aromatic carbocycles. The molecule has 4 rings (SSSR count). The minimum atomic E-state index is -4.46. The number of aromatic nitrogens is 2. The topological polar surface area (TPSA) is 55.1 Å². The van der Waals surface area contributed by atoms with Crippen LogP contribution in [0.3, 0.4) is 0 Å². The largest absolute Gasteiger partial charge is 0.398 e. The number of halogens is 4. The maximum absolute atomic E-state index is 13.7. The average Bonchev–Trinajstić information content (AvgIpc) is 3.35. The fraction of sp³-hybridized carbons (Fsp3) is 0.474. The molecule has 1 unspecified atom stereocenters. The van der Waals surface area contributed by atoms with Crippen LogP contribution in [0.5, 0.6) is 0 Å².